The Morgan fingerprint density at radius 1 is 1.16 bits per heavy atom. The van der Waals surface area contributed by atoms with Gasteiger partial charge >= 0.3 is 0 Å². The quantitative estimate of drug-likeness (QED) is 0.785. The van der Waals surface area contributed by atoms with Gasteiger partial charge < -0.3 is 5.32 Å². The lowest BCUT2D eigenvalue weighted by Crippen LogP contribution is -2.26. The number of nitrogens with one attached hydrogen (secondary N) is 1. The molecule has 6 nitrogen and oxygen atoms in total. The van der Waals surface area contributed by atoms with E-state index in [1.165, 1.54) is 0 Å². The molecule has 25 heavy (non-hydrogen) atoms. The van der Waals surface area contributed by atoms with Crippen molar-refractivity contribution < 1.29 is 4.79 Å². The molecule has 2 aromatic heterocycles. The highest BCUT2D eigenvalue weighted by molar-refractivity contribution is 5.79. The molecular formula is C19H29N5O. The van der Waals surface area contributed by atoms with Crippen LogP contribution in [0.1, 0.15) is 55.0 Å². The second-order valence-corrected chi connectivity index (χ2v) is 7.07. The summed E-state index contributed by atoms with van der Waals surface area (Å²) in [5.41, 5.74) is 4.51. The zero-order valence-electron chi connectivity index (χ0n) is 16.2. The van der Waals surface area contributed by atoms with E-state index in [4.69, 9.17) is 0 Å². The van der Waals surface area contributed by atoms with Crippen LogP contribution in [0.4, 0.5) is 0 Å². The van der Waals surface area contributed by atoms with Crippen LogP contribution in [0.3, 0.4) is 0 Å². The van der Waals surface area contributed by atoms with Crippen LogP contribution in [0.2, 0.25) is 0 Å². The highest BCUT2D eigenvalue weighted by Gasteiger charge is 2.17. The maximum absolute atomic E-state index is 12.2. The van der Waals surface area contributed by atoms with Crippen LogP contribution in [0.5, 0.6) is 0 Å². The topological polar surface area (TPSA) is 72.7 Å². The summed E-state index contributed by atoms with van der Waals surface area (Å²) < 4.78 is 1.73. The molecule has 6 heteroatoms. The average molecular weight is 343 g/mol. The molecule has 0 saturated carbocycles. The third-order valence-electron chi connectivity index (χ3n) is 4.22. The van der Waals surface area contributed by atoms with Gasteiger partial charge in [0.1, 0.15) is 0 Å². The van der Waals surface area contributed by atoms with Crippen LogP contribution in [0.15, 0.2) is 6.07 Å². The van der Waals surface area contributed by atoms with Crippen molar-refractivity contribution in [3.63, 3.8) is 0 Å². The molecule has 0 aliphatic heterocycles. The summed E-state index contributed by atoms with van der Waals surface area (Å²) in [5.74, 6) is 1.26. The summed E-state index contributed by atoms with van der Waals surface area (Å²) in [4.78, 5) is 21.2. The summed E-state index contributed by atoms with van der Waals surface area (Å²) in [5, 5.41) is 7.55. The molecule has 2 heterocycles. The first-order valence-electron chi connectivity index (χ1n) is 8.92. The first kappa shape index (κ1) is 19.1. The van der Waals surface area contributed by atoms with Gasteiger partial charge in [-0.2, -0.15) is 5.10 Å². The maximum atomic E-state index is 12.2. The van der Waals surface area contributed by atoms with Crippen molar-refractivity contribution in [2.75, 3.05) is 6.54 Å². The van der Waals surface area contributed by atoms with Gasteiger partial charge in [-0.3, -0.25) is 4.79 Å². The Morgan fingerprint density at radius 3 is 2.40 bits per heavy atom. The van der Waals surface area contributed by atoms with Gasteiger partial charge in [0, 0.05) is 29.2 Å². The monoisotopic (exact) mass is 343 g/mol. The highest BCUT2D eigenvalue weighted by Crippen LogP contribution is 2.17. The minimum atomic E-state index is 0.0378. The predicted octanol–water partition coefficient (Wildman–Crippen LogP) is 2.99. The van der Waals surface area contributed by atoms with Crippen molar-refractivity contribution in [3.8, 4) is 5.95 Å². The van der Waals surface area contributed by atoms with Gasteiger partial charge in [-0.25, -0.2) is 14.6 Å². The second kappa shape index (κ2) is 8.23. The van der Waals surface area contributed by atoms with E-state index in [0.29, 0.717) is 18.3 Å². The number of aryl methyl sites for hydroxylation is 3. The summed E-state index contributed by atoms with van der Waals surface area (Å²) in [6, 6.07) is 1.93. The van der Waals surface area contributed by atoms with Crippen LogP contribution >= 0.6 is 0 Å². The number of rotatable bonds is 7. The van der Waals surface area contributed by atoms with Crippen molar-refractivity contribution in [1.29, 1.82) is 0 Å². The number of amides is 1. The minimum absolute atomic E-state index is 0.0378. The average Bonchev–Trinajstić information content (AvgIpc) is 2.78. The third-order valence-corrected chi connectivity index (χ3v) is 4.22. The molecule has 0 fully saturated rings. The van der Waals surface area contributed by atoms with Gasteiger partial charge in [0.15, 0.2) is 0 Å². The van der Waals surface area contributed by atoms with Crippen LogP contribution in [-0.2, 0) is 11.2 Å². The van der Waals surface area contributed by atoms with E-state index in [0.717, 1.165) is 47.7 Å². The number of aromatic nitrogens is 4. The van der Waals surface area contributed by atoms with E-state index in [-0.39, 0.29) is 5.91 Å². The fourth-order valence-electron chi connectivity index (χ4n) is 2.89. The van der Waals surface area contributed by atoms with Gasteiger partial charge in [-0.15, -0.1) is 0 Å². The molecule has 2 rings (SSSR count). The van der Waals surface area contributed by atoms with Crippen molar-refractivity contribution >= 4 is 5.91 Å². The number of nitrogens with zero attached hydrogens (tertiary/aromatic N) is 4. The number of hydrogen-bond acceptors (Lipinski definition) is 4. The lowest BCUT2D eigenvalue weighted by molar-refractivity contribution is -0.120. The van der Waals surface area contributed by atoms with Gasteiger partial charge in [-0.05, 0) is 52.5 Å². The Balaban J connectivity index is 2.10. The molecule has 0 aromatic carbocycles. The van der Waals surface area contributed by atoms with Crippen molar-refractivity contribution in [3.05, 3.63) is 34.4 Å². The zero-order chi connectivity index (χ0) is 18.6. The van der Waals surface area contributed by atoms with Crippen molar-refractivity contribution in [1.82, 2.24) is 25.1 Å². The first-order chi connectivity index (χ1) is 11.8. The normalized spacial score (nSPS) is 11.2. The molecule has 0 radical (unpaired) electrons. The van der Waals surface area contributed by atoms with E-state index >= 15 is 0 Å². The molecule has 0 saturated heterocycles. The van der Waals surface area contributed by atoms with Crippen LogP contribution in [-0.4, -0.2) is 32.2 Å². The second-order valence-electron chi connectivity index (χ2n) is 7.07. The van der Waals surface area contributed by atoms with Gasteiger partial charge in [0.05, 0.1) is 12.1 Å². The van der Waals surface area contributed by atoms with Gasteiger partial charge in [0.25, 0.3) is 5.95 Å². The summed E-state index contributed by atoms with van der Waals surface area (Å²) in [6.07, 6.45) is 2.47. The van der Waals surface area contributed by atoms with E-state index in [1.807, 2.05) is 33.8 Å². The Hall–Kier alpha value is -2.24. The SMILES string of the molecule is Cc1cc(C)nc(-n2nc(C)c(CC(=O)NCCCC(C)C)c2C)n1. The lowest BCUT2D eigenvalue weighted by atomic mass is 10.1. The third kappa shape index (κ3) is 5.11. The van der Waals surface area contributed by atoms with Crippen molar-refractivity contribution in [2.24, 2.45) is 5.92 Å². The standard InChI is InChI=1S/C19H29N5O/c1-12(2)8-7-9-20-18(25)11-17-15(5)23-24(16(17)6)19-21-13(3)10-14(4)22-19/h10,12H,7-9,11H2,1-6H3,(H,20,25). The fraction of sp³-hybridized carbons (Fsp3) is 0.579. The molecule has 2 aromatic rings. The molecule has 1 amide bonds. The smallest absolute Gasteiger partial charge is 0.251 e. The highest BCUT2D eigenvalue weighted by atomic mass is 16.1. The number of carbonyl (C=O) groups is 1. The molecule has 1 N–H and O–H groups in total. The van der Waals surface area contributed by atoms with Gasteiger partial charge in [-0.1, -0.05) is 13.8 Å². The molecule has 0 aliphatic carbocycles. The van der Waals surface area contributed by atoms with E-state index in [1.54, 1.807) is 4.68 Å². The van der Waals surface area contributed by atoms with E-state index in [9.17, 15) is 4.79 Å². The predicted molar refractivity (Wildman–Crippen MR) is 98.9 cm³/mol. The minimum Gasteiger partial charge on any atom is -0.356 e. The Morgan fingerprint density at radius 2 is 1.80 bits per heavy atom. The summed E-state index contributed by atoms with van der Waals surface area (Å²) in [6.45, 7) is 12.9. The number of hydrogen-bond donors (Lipinski definition) is 1. The van der Waals surface area contributed by atoms with Crippen molar-refractivity contribution in [2.45, 2.75) is 60.8 Å². The molecule has 0 unspecified atom stereocenters. The molecule has 0 spiro atoms. The molecule has 0 aliphatic rings. The Kier molecular flexibility index (Phi) is 6.28. The fourth-order valence-corrected chi connectivity index (χ4v) is 2.89. The Labute approximate surface area is 150 Å². The Bertz CT molecular complexity index is 728. The first-order valence-corrected chi connectivity index (χ1v) is 8.92. The molecule has 0 bridgehead atoms. The van der Waals surface area contributed by atoms with Crippen LogP contribution in [0.25, 0.3) is 5.95 Å². The maximum Gasteiger partial charge on any atom is 0.251 e. The summed E-state index contributed by atoms with van der Waals surface area (Å²) >= 11 is 0. The van der Waals surface area contributed by atoms with Crippen LogP contribution < -0.4 is 5.32 Å². The van der Waals surface area contributed by atoms with E-state index < -0.39 is 0 Å². The largest absolute Gasteiger partial charge is 0.356 e. The lowest BCUT2D eigenvalue weighted by Gasteiger charge is -2.08. The summed E-state index contributed by atoms with van der Waals surface area (Å²) in [7, 11) is 0. The van der Waals surface area contributed by atoms with Crippen LogP contribution in [0, 0.1) is 33.6 Å². The molecule has 0 atom stereocenters. The zero-order valence-corrected chi connectivity index (χ0v) is 16.2. The molecule has 136 valence electrons. The van der Waals surface area contributed by atoms with E-state index in [2.05, 4.69) is 34.2 Å². The van der Waals surface area contributed by atoms with Gasteiger partial charge in [0.2, 0.25) is 5.91 Å². The molecular weight excluding hydrogens is 314 g/mol. The number of carbonyl (C=O) groups excluding carboxylic acids is 1.